The van der Waals surface area contributed by atoms with Gasteiger partial charge in [-0.25, -0.2) is 0 Å². The summed E-state index contributed by atoms with van der Waals surface area (Å²) in [6.07, 6.45) is 7.94. The highest BCUT2D eigenvalue weighted by molar-refractivity contribution is 5.75. The summed E-state index contributed by atoms with van der Waals surface area (Å²) in [6, 6.07) is 5.76. The fraction of sp³-hybridized carbons (Fsp3) is 0.357. The van der Waals surface area contributed by atoms with Crippen molar-refractivity contribution >= 4 is 5.91 Å². The van der Waals surface area contributed by atoms with Crippen molar-refractivity contribution in [1.29, 1.82) is 0 Å². The Morgan fingerprint density at radius 3 is 2.95 bits per heavy atom. The van der Waals surface area contributed by atoms with Gasteiger partial charge in [0.15, 0.2) is 0 Å². The van der Waals surface area contributed by atoms with Crippen LogP contribution in [-0.4, -0.2) is 33.8 Å². The van der Waals surface area contributed by atoms with Crippen LogP contribution in [0.5, 0.6) is 0 Å². The summed E-state index contributed by atoms with van der Waals surface area (Å²) in [5.74, 6) is -0.0130. The van der Waals surface area contributed by atoms with Gasteiger partial charge in [0.25, 0.3) is 0 Å². The van der Waals surface area contributed by atoms with Gasteiger partial charge in [-0.1, -0.05) is 6.07 Å². The van der Waals surface area contributed by atoms with E-state index in [0.717, 1.165) is 25.1 Å². The van der Waals surface area contributed by atoms with E-state index in [1.165, 1.54) is 0 Å². The van der Waals surface area contributed by atoms with E-state index in [1.54, 1.807) is 29.3 Å². The maximum absolute atomic E-state index is 11.6. The lowest BCUT2D eigenvalue weighted by atomic mass is 10.3. The minimum absolute atomic E-state index is 0.0130. The lowest BCUT2D eigenvalue weighted by molar-refractivity contribution is -0.121. The molecule has 0 aliphatic heterocycles. The van der Waals surface area contributed by atoms with E-state index >= 15 is 0 Å². The number of nitrogens with one attached hydrogen (secondary N) is 2. The molecule has 20 heavy (non-hydrogen) atoms. The molecule has 0 bridgehead atoms. The molecular formula is C14H19N5O. The number of carbonyl (C=O) groups excluding carboxylic acids is 1. The van der Waals surface area contributed by atoms with E-state index in [9.17, 15) is 4.79 Å². The molecule has 0 unspecified atom stereocenters. The normalized spacial score (nSPS) is 10.4. The molecule has 106 valence electrons. The van der Waals surface area contributed by atoms with Gasteiger partial charge in [0.2, 0.25) is 5.91 Å². The Morgan fingerprint density at radius 1 is 1.25 bits per heavy atom. The first-order valence-corrected chi connectivity index (χ1v) is 6.68. The van der Waals surface area contributed by atoms with Gasteiger partial charge in [0.1, 0.15) is 6.54 Å². The number of aromatic nitrogens is 3. The van der Waals surface area contributed by atoms with E-state index in [4.69, 9.17) is 0 Å². The van der Waals surface area contributed by atoms with Crippen molar-refractivity contribution in [2.45, 2.75) is 19.5 Å². The number of pyridine rings is 1. The summed E-state index contributed by atoms with van der Waals surface area (Å²) >= 11 is 0. The SMILES string of the molecule is O=C(Cn1cccn1)NCCCNCc1cccnc1. The number of nitrogens with zero attached hydrogens (tertiary/aromatic N) is 3. The average molecular weight is 273 g/mol. The highest BCUT2D eigenvalue weighted by atomic mass is 16.2. The van der Waals surface area contributed by atoms with E-state index in [-0.39, 0.29) is 12.5 Å². The smallest absolute Gasteiger partial charge is 0.241 e. The number of hydrogen-bond donors (Lipinski definition) is 2. The van der Waals surface area contributed by atoms with Crippen LogP contribution in [0.3, 0.4) is 0 Å². The van der Waals surface area contributed by atoms with Gasteiger partial charge < -0.3 is 10.6 Å². The summed E-state index contributed by atoms with van der Waals surface area (Å²) in [5.41, 5.74) is 1.16. The molecule has 0 aliphatic carbocycles. The second kappa shape index (κ2) is 8.06. The highest BCUT2D eigenvalue weighted by Gasteiger charge is 2.01. The molecular weight excluding hydrogens is 254 g/mol. The summed E-state index contributed by atoms with van der Waals surface area (Å²) < 4.78 is 1.61. The van der Waals surface area contributed by atoms with Gasteiger partial charge in [-0.15, -0.1) is 0 Å². The van der Waals surface area contributed by atoms with Crippen molar-refractivity contribution in [2.24, 2.45) is 0 Å². The molecule has 2 N–H and O–H groups in total. The van der Waals surface area contributed by atoms with Crippen molar-refractivity contribution in [3.05, 3.63) is 48.5 Å². The summed E-state index contributed by atoms with van der Waals surface area (Å²) in [6.45, 7) is 2.60. The molecule has 0 aromatic carbocycles. The second-order valence-corrected chi connectivity index (χ2v) is 4.45. The van der Waals surface area contributed by atoms with Gasteiger partial charge in [0, 0.05) is 37.9 Å². The zero-order chi connectivity index (χ0) is 14.0. The fourth-order valence-corrected chi connectivity index (χ4v) is 1.77. The van der Waals surface area contributed by atoms with Crippen molar-refractivity contribution in [3.63, 3.8) is 0 Å². The van der Waals surface area contributed by atoms with E-state index in [0.29, 0.717) is 6.54 Å². The average Bonchev–Trinajstić information content (AvgIpc) is 2.96. The Labute approximate surface area is 118 Å². The first-order valence-electron chi connectivity index (χ1n) is 6.68. The number of hydrogen-bond acceptors (Lipinski definition) is 4. The largest absolute Gasteiger partial charge is 0.354 e. The van der Waals surface area contributed by atoms with Gasteiger partial charge in [0.05, 0.1) is 0 Å². The Bertz CT molecular complexity index is 498. The molecule has 1 amide bonds. The first kappa shape index (κ1) is 14.2. The molecule has 2 aromatic heterocycles. The highest BCUT2D eigenvalue weighted by Crippen LogP contribution is 1.93. The summed E-state index contributed by atoms with van der Waals surface area (Å²) in [4.78, 5) is 15.6. The summed E-state index contributed by atoms with van der Waals surface area (Å²) in [5, 5.41) is 10.2. The Hall–Kier alpha value is -2.21. The molecule has 0 saturated carbocycles. The molecule has 0 saturated heterocycles. The third-order valence-corrected chi connectivity index (χ3v) is 2.77. The third-order valence-electron chi connectivity index (χ3n) is 2.77. The van der Waals surface area contributed by atoms with E-state index < -0.39 is 0 Å². The monoisotopic (exact) mass is 273 g/mol. The Kier molecular flexibility index (Phi) is 5.72. The molecule has 2 heterocycles. The van der Waals surface area contributed by atoms with Gasteiger partial charge in [-0.2, -0.15) is 5.10 Å². The van der Waals surface area contributed by atoms with E-state index in [2.05, 4.69) is 20.7 Å². The quantitative estimate of drug-likeness (QED) is 0.690. The standard InChI is InChI=1S/C14H19N5O/c20-14(12-19-9-3-8-18-19)17-7-2-6-16-11-13-4-1-5-15-10-13/h1,3-5,8-10,16H,2,6-7,11-12H2,(H,17,20). The minimum atomic E-state index is -0.0130. The molecule has 0 atom stereocenters. The number of rotatable bonds is 8. The molecule has 6 heteroatoms. The van der Waals surface area contributed by atoms with Crippen LogP contribution in [-0.2, 0) is 17.9 Å². The molecule has 2 aromatic rings. The summed E-state index contributed by atoms with van der Waals surface area (Å²) in [7, 11) is 0. The third kappa shape index (κ3) is 5.19. The predicted octanol–water partition coefficient (Wildman–Crippen LogP) is 0.574. The maximum atomic E-state index is 11.6. The molecule has 0 fully saturated rings. The second-order valence-electron chi connectivity index (χ2n) is 4.45. The lowest BCUT2D eigenvalue weighted by Gasteiger charge is -2.06. The molecule has 6 nitrogen and oxygen atoms in total. The lowest BCUT2D eigenvalue weighted by Crippen LogP contribution is -2.30. The van der Waals surface area contributed by atoms with Crippen LogP contribution in [0.25, 0.3) is 0 Å². The number of amides is 1. The van der Waals surface area contributed by atoms with Crippen molar-refractivity contribution in [2.75, 3.05) is 13.1 Å². The molecule has 0 spiro atoms. The van der Waals surface area contributed by atoms with Crippen LogP contribution in [0, 0.1) is 0 Å². The van der Waals surface area contributed by atoms with Crippen molar-refractivity contribution in [3.8, 4) is 0 Å². The Morgan fingerprint density at radius 2 is 2.20 bits per heavy atom. The zero-order valence-electron chi connectivity index (χ0n) is 11.3. The predicted molar refractivity (Wildman–Crippen MR) is 75.8 cm³/mol. The van der Waals surface area contributed by atoms with Crippen LogP contribution < -0.4 is 10.6 Å². The van der Waals surface area contributed by atoms with Crippen LogP contribution in [0.2, 0.25) is 0 Å². The van der Waals surface area contributed by atoms with Crippen molar-refractivity contribution < 1.29 is 4.79 Å². The fourth-order valence-electron chi connectivity index (χ4n) is 1.77. The van der Waals surface area contributed by atoms with Crippen LogP contribution in [0.15, 0.2) is 43.0 Å². The topological polar surface area (TPSA) is 71.8 Å². The minimum Gasteiger partial charge on any atom is -0.354 e. The van der Waals surface area contributed by atoms with Gasteiger partial charge in [-0.3, -0.25) is 14.5 Å². The van der Waals surface area contributed by atoms with Gasteiger partial charge >= 0.3 is 0 Å². The maximum Gasteiger partial charge on any atom is 0.241 e. The van der Waals surface area contributed by atoms with Gasteiger partial charge in [-0.05, 0) is 30.7 Å². The first-order chi connectivity index (χ1) is 9.84. The molecule has 0 radical (unpaired) electrons. The number of carbonyl (C=O) groups is 1. The van der Waals surface area contributed by atoms with Crippen LogP contribution in [0.4, 0.5) is 0 Å². The van der Waals surface area contributed by atoms with Crippen LogP contribution in [0.1, 0.15) is 12.0 Å². The molecule has 2 rings (SSSR count). The molecule has 0 aliphatic rings. The zero-order valence-corrected chi connectivity index (χ0v) is 11.3. The Balaban J connectivity index is 1.50. The van der Waals surface area contributed by atoms with Crippen molar-refractivity contribution in [1.82, 2.24) is 25.4 Å². The van der Waals surface area contributed by atoms with Crippen LogP contribution >= 0.6 is 0 Å². The van der Waals surface area contributed by atoms with E-state index in [1.807, 2.05) is 18.3 Å².